The third-order valence-electron chi connectivity index (χ3n) is 4.56. The zero-order valence-electron chi connectivity index (χ0n) is 15.5. The third kappa shape index (κ3) is 4.54. The molecule has 0 spiro atoms. The van der Waals surface area contributed by atoms with Gasteiger partial charge in [-0.05, 0) is 28.0 Å². The summed E-state index contributed by atoms with van der Waals surface area (Å²) in [7, 11) is 1.28. The molecule has 1 atom stereocenters. The summed E-state index contributed by atoms with van der Waals surface area (Å²) in [6, 6.07) is 22.0. The predicted molar refractivity (Wildman–Crippen MR) is 106 cm³/mol. The summed E-state index contributed by atoms with van der Waals surface area (Å²) in [6.45, 7) is 0. The van der Waals surface area contributed by atoms with Crippen molar-refractivity contribution in [3.8, 4) is 6.07 Å². The van der Waals surface area contributed by atoms with Crippen LogP contribution in [0.4, 0.5) is 0 Å². The number of carbonyl (C=O) groups excluding carboxylic acids is 2. The highest BCUT2D eigenvalue weighted by molar-refractivity contribution is 5.88. The highest BCUT2D eigenvalue weighted by atomic mass is 16.5. The van der Waals surface area contributed by atoms with Crippen molar-refractivity contribution < 1.29 is 14.3 Å². The number of ether oxygens (including phenoxy) is 1. The fourth-order valence-electron chi connectivity index (χ4n) is 3.14. The minimum Gasteiger partial charge on any atom is -0.467 e. The SMILES string of the molecule is COC(=O)[C@H](Cc1ccccc1C#N)NC(=O)Cc1ccc2ccccc2c1. The topological polar surface area (TPSA) is 79.2 Å². The maximum absolute atomic E-state index is 12.5. The summed E-state index contributed by atoms with van der Waals surface area (Å²) in [5.74, 6) is -0.820. The molecule has 3 aromatic rings. The van der Waals surface area contributed by atoms with Crippen LogP contribution in [0.25, 0.3) is 10.8 Å². The van der Waals surface area contributed by atoms with Crippen LogP contribution in [0.3, 0.4) is 0 Å². The maximum atomic E-state index is 12.5. The number of hydrogen-bond acceptors (Lipinski definition) is 4. The summed E-state index contributed by atoms with van der Waals surface area (Å²) in [6.07, 6.45) is 0.345. The molecule has 0 bridgehead atoms. The van der Waals surface area contributed by atoms with E-state index in [2.05, 4.69) is 11.4 Å². The molecule has 0 saturated heterocycles. The number of benzene rings is 3. The lowest BCUT2D eigenvalue weighted by atomic mass is 10.0. The second-order valence-corrected chi connectivity index (χ2v) is 6.47. The average Bonchev–Trinajstić information content (AvgIpc) is 2.73. The molecule has 28 heavy (non-hydrogen) atoms. The van der Waals surface area contributed by atoms with Crippen LogP contribution in [0.15, 0.2) is 66.7 Å². The van der Waals surface area contributed by atoms with E-state index in [9.17, 15) is 14.9 Å². The second-order valence-electron chi connectivity index (χ2n) is 6.47. The third-order valence-corrected chi connectivity index (χ3v) is 4.56. The fourth-order valence-corrected chi connectivity index (χ4v) is 3.14. The van der Waals surface area contributed by atoms with Gasteiger partial charge in [0, 0.05) is 6.42 Å². The maximum Gasteiger partial charge on any atom is 0.328 e. The van der Waals surface area contributed by atoms with Crippen LogP contribution in [0.1, 0.15) is 16.7 Å². The van der Waals surface area contributed by atoms with E-state index >= 15 is 0 Å². The smallest absolute Gasteiger partial charge is 0.328 e. The van der Waals surface area contributed by atoms with Crippen molar-refractivity contribution in [3.05, 3.63) is 83.4 Å². The molecular formula is C23H20N2O3. The number of esters is 1. The largest absolute Gasteiger partial charge is 0.467 e. The molecule has 0 aliphatic carbocycles. The van der Waals surface area contributed by atoms with E-state index in [1.165, 1.54) is 7.11 Å². The number of hydrogen-bond donors (Lipinski definition) is 1. The molecule has 1 amide bonds. The van der Waals surface area contributed by atoms with E-state index in [0.29, 0.717) is 11.1 Å². The zero-order valence-corrected chi connectivity index (χ0v) is 15.5. The summed E-state index contributed by atoms with van der Waals surface area (Å²) in [5, 5.41) is 14.1. The minimum absolute atomic E-state index is 0.151. The van der Waals surface area contributed by atoms with E-state index < -0.39 is 12.0 Å². The van der Waals surface area contributed by atoms with Crippen LogP contribution in [-0.4, -0.2) is 25.0 Å². The van der Waals surface area contributed by atoms with Crippen molar-refractivity contribution >= 4 is 22.6 Å². The van der Waals surface area contributed by atoms with Crippen molar-refractivity contribution in [3.63, 3.8) is 0 Å². The van der Waals surface area contributed by atoms with Crippen LogP contribution < -0.4 is 5.32 Å². The number of rotatable bonds is 6. The molecule has 0 aliphatic heterocycles. The van der Waals surface area contributed by atoms with Gasteiger partial charge >= 0.3 is 5.97 Å². The van der Waals surface area contributed by atoms with E-state index in [1.54, 1.807) is 24.3 Å². The van der Waals surface area contributed by atoms with E-state index in [0.717, 1.165) is 16.3 Å². The first-order valence-electron chi connectivity index (χ1n) is 8.93. The molecule has 3 aromatic carbocycles. The molecule has 5 nitrogen and oxygen atoms in total. The summed E-state index contributed by atoms with van der Waals surface area (Å²) in [5.41, 5.74) is 2.02. The molecule has 5 heteroatoms. The van der Waals surface area contributed by atoms with Crippen molar-refractivity contribution in [1.29, 1.82) is 5.26 Å². The molecule has 140 valence electrons. The Morgan fingerprint density at radius 2 is 1.75 bits per heavy atom. The minimum atomic E-state index is -0.854. The van der Waals surface area contributed by atoms with Crippen LogP contribution >= 0.6 is 0 Å². The molecule has 0 unspecified atom stereocenters. The molecule has 0 saturated carbocycles. The van der Waals surface area contributed by atoms with Crippen LogP contribution in [-0.2, 0) is 27.2 Å². The van der Waals surface area contributed by atoms with Gasteiger partial charge in [-0.2, -0.15) is 5.26 Å². The zero-order chi connectivity index (χ0) is 19.9. The number of nitrogens with one attached hydrogen (secondary N) is 1. The number of carbonyl (C=O) groups is 2. The Labute approximate surface area is 163 Å². The molecule has 0 fully saturated rings. The number of nitrogens with zero attached hydrogens (tertiary/aromatic N) is 1. The Morgan fingerprint density at radius 1 is 1.04 bits per heavy atom. The number of fused-ring (bicyclic) bond motifs is 1. The molecule has 0 heterocycles. The molecule has 1 N–H and O–H groups in total. The second kappa shape index (κ2) is 8.83. The van der Waals surface area contributed by atoms with Gasteiger partial charge in [0.05, 0.1) is 25.2 Å². The summed E-state index contributed by atoms with van der Waals surface area (Å²) in [4.78, 5) is 24.7. The lowest BCUT2D eigenvalue weighted by molar-refractivity contribution is -0.145. The Morgan fingerprint density at radius 3 is 2.50 bits per heavy atom. The Balaban J connectivity index is 1.73. The van der Waals surface area contributed by atoms with Crippen LogP contribution in [0, 0.1) is 11.3 Å². The Bertz CT molecular complexity index is 1050. The lowest BCUT2D eigenvalue weighted by Gasteiger charge is -2.17. The van der Waals surface area contributed by atoms with E-state index in [4.69, 9.17) is 4.74 Å². The van der Waals surface area contributed by atoms with Gasteiger partial charge in [-0.15, -0.1) is 0 Å². The van der Waals surface area contributed by atoms with Crippen molar-refractivity contribution in [1.82, 2.24) is 5.32 Å². The van der Waals surface area contributed by atoms with Gasteiger partial charge in [0.2, 0.25) is 5.91 Å². The number of amides is 1. The first-order valence-corrected chi connectivity index (χ1v) is 8.93. The van der Waals surface area contributed by atoms with Gasteiger partial charge < -0.3 is 10.1 Å². The van der Waals surface area contributed by atoms with Gasteiger partial charge in [0.1, 0.15) is 6.04 Å². The van der Waals surface area contributed by atoms with E-state index in [1.807, 2.05) is 42.5 Å². The summed E-state index contributed by atoms with van der Waals surface area (Å²) < 4.78 is 4.83. The van der Waals surface area contributed by atoms with Crippen molar-refractivity contribution in [2.75, 3.05) is 7.11 Å². The first-order chi connectivity index (χ1) is 13.6. The molecular weight excluding hydrogens is 352 g/mol. The summed E-state index contributed by atoms with van der Waals surface area (Å²) >= 11 is 0. The molecule has 0 radical (unpaired) electrons. The molecule has 0 aliphatic rings. The number of methoxy groups -OCH3 is 1. The fraction of sp³-hybridized carbons (Fsp3) is 0.174. The lowest BCUT2D eigenvalue weighted by Crippen LogP contribution is -2.43. The Hall–Kier alpha value is -3.65. The Kier molecular flexibility index (Phi) is 6.03. The van der Waals surface area contributed by atoms with Crippen LogP contribution in [0.2, 0.25) is 0 Å². The predicted octanol–water partition coefficient (Wildman–Crippen LogP) is 3.15. The molecule has 3 rings (SSSR count). The highest BCUT2D eigenvalue weighted by Gasteiger charge is 2.23. The first kappa shape index (κ1) is 19.1. The average molecular weight is 372 g/mol. The normalized spacial score (nSPS) is 11.4. The van der Waals surface area contributed by atoms with Gasteiger partial charge in [0.25, 0.3) is 0 Å². The van der Waals surface area contributed by atoms with Crippen molar-refractivity contribution in [2.45, 2.75) is 18.9 Å². The molecule has 0 aromatic heterocycles. The van der Waals surface area contributed by atoms with Gasteiger partial charge in [-0.3, -0.25) is 4.79 Å². The number of nitriles is 1. The van der Waals surface area contributed by atoms with Crippen LogP contribution in [0.5, 0.6) is 0 Å². The van der Waals surface area contributed by atoms with Gasteiger partial charge in [-0.25, -0.2) is 4.79 Å². The standard InChI is InChI=1S/C23H20N2O3/c1-28-23(27)21(14-19-8-4-5-9-20(19)15-24)25-22(26)13-16-10-11-17-6-2-3-7-18(17)12-16/h2-12,21H,13-14H2,1H3,(H,25,26)/t21-/m0/s1. The van der Waals surface area contributed by atoms with Gasteiger partial charge in [-0.1, -0.05) is 60.7 Å². The van der Waals surface area contributed by atoms with Crippen molar-refractivity contribution in [2.24, 2.45) is 0 Å². The quantitative estimate of drug-likeness (QED) is 0.674. The highest BCUT2D eigenvalue weighted by Crippen LogP contribution is 2.16. The van der Waals surface area contributed by atoms with E-state index in [-0.39, 0.29) is 18.7 Å². The van der Waals surface area contributed by atoms with Gasteiger partial charge in [0.15, 0.2) is 0 Å². The monoisotopic (exact) mass is 372 g/mol.